The maximum Gasteiger partial charge on any atom is 0.248 e. The van der Waals surface area contributed by atoms with Crippen LogP contribution in [0.2, 0.25) is 0 Å². The van der Waals surface area contributed by atoms with Crippen molar-refractivity contribution in [2.75, 3.05) is 11.9 Å². The number of hydrogen-bond donors (Lipinski definition) is 3. The number of carbonyl (C=O) groups is 1. The highest BCUT2D eigenvalue weighted by Gasteiger charge is 2.34. The number of hydrogen-bond acceptors (Lipinski definition) is 3. The van der Waals surface area contributed by atoms with Gasteiger partial charge in [-0.25, -0.2) is 0 Å². The molecule has 1 aromatic rings. The summed E-state index contributed by atoms with van der Waals surface area (Å²) in [4.78, 5) is 11.3. The van der Waals surface area contributed by atoms with Crippen molar-refractivity contribution >= 4 is 11.6 Å². The van der Waals surface area contributed by atoms with E-state index in [1.807, 2.05) is 18.2 Å². The topological polar surface area (TPSA) is 67.2 Å². The maximum absolute atomic E-state index is 11.3. The number of primary amides is 1. The van der Waals surface area contributed by atoms with E-state index in [0.29, 0.717) is 23.6 Å². The fraction of sp³-hybridized carbons (Fsp3) is 0.588. The van der Waals surface area contributed by atoms with Gasteiger partial charge in [-0.15, -0.1) is 0 Å². The smallest absolute Gasteiger partial charge is 0.248 e. The van der Waals surface area contributed by atoms with Gasteiger partial charge in [0.1, 0.15) is 0 Å². The van der Waals surface area contributed by atoms with Crippen molar-refractivity contribution in [2.24, 2.45) is 11.7 Å². The van der Waals surface area contributed by atoms with Crippen LogP contribution in [0.3, 0.4) is 0 Å². The van der Waals surface area contributed by atoms with E-state index in [1.54, 1.807) is 6.07 Å². The Labute approximate surface area is 126 Å². The summed E-state index contributed by atoms with van der Waals surface area (Å²) >= 11 is 0. The maximum atomic E-state index is 11.3. The second kappa shape index (κ2) is 6.48. The van der Waals surface area contributed by atoms with Crippen LogP contribution in [0.1, 0.15) is 48.9 Å². The Hall–Kier alpha value is -1.55. The predicted molar refractivity (Wildman–Crippen MR) is 85.4 cm³/mol. The molecule has 0 radical (unpaired) electrons. The first-order chi connectivity index (χ1) is 10.2. The summed E-state index contributed by atoms with van der Waals surface area (Å²) in [6, 6.07) is 8.71. The summed E-state index contributed by atoms with van der Waals surface area (Å²) in [6.07, 6.45) is 7.74. The van der Waals surface area contributed by atoms with Gasteiger partial charge in [0.15, 0.2) is 0 Å². The van der Waals surface area contributed by atoms with Crippen molar-refractivity contribution in [3.8, 4) is 0 Å². The number of nitrogens with one attached hydrogen (secondary N) is 2. The lowest BCUT2D eigenvalue weighted by atomic mass is 9.88. The molecule has 1 heterocycles. The van der Waals surface area contributed by atoms with Gasteiger partial charge < -0.3 is 16.4 Å². The summed E-state index contributed by atoms with van der Waals surface area (Å²) in [5.74, 6) is 0.332. The summed E-state index contributed by atoms with van der Waals surface area (Å²) in [7, 11) is 0. The molecule has 0 aromatic heterocycles. The lowest BCUT2D eigenvalue weighted by Crippen LogP contribution is -2.44. The summed E-state index contributed by atoms with van der Waals surface area (Å²) < 4.78 is 0. The summed E-state index contributed by atoms with van der Waals surface area (Å²) in [6.45, 7) is 1.16. The number of anilines is 1. The highest BCUT2D eigenvalue weighted by atomic mass is 16.1. The van der Waals surface area contributed by atoms with E-state index in [4.69, 9.17) is 5.73 Å². The highest BCUT2D eigenvalue weighted by Crippen LogP contribution is 2.33. The van der Waals surface area contributed by atoms with Crippen LogP contribution in [0.4, 0.5) is 5.69 Å². The third-order valence-electron chi connectivity index (χ3n) is 4.93. The fourth-order valence-corrected chi connectivity index (χ4v) is 3.87. The van der Waals surface area contributed by atoms with E-state index in [0.717, 1.165) is 12.2 Å². The molecule has 1 aromatic carbocycles. The molecule has 2 fully saturated rings. The zero-order valence-electron chi connectivity index (χ0n) is 12.5. The van der Waals surface area contributed by atoms with Crippen LogP contribution in [0.25, 0.3) is 0 Å². The van der Waals surface area contributed by atoms with Crippen LogP contribution in [0.15, 0.2) is 24.3 Å². The third kappa shape index (κ3) is 3.38. The Morgan fingerprint density at radius 2 is 2.10 bits per heavy atom. The van der Waals surface area contributed by atoms with Crippen molar-refractivity contribution in [2.45, 2.75) is 50.6 Å². The lowest BCUT2D eigenvalue weighted by molar-refractivity contribution is 0.100. The number of amides is 1. The standard InChI is InChI=1S/C17H25N3O/c18-17(21)12-5-3-6-13(11-12)20-16-9-4-7-14(16)15-8-1-2-10-19-15/h3,5-6,11,14-16,19-20H,1-2,4,7-10H2,(H2,18,21). The molecule has 114 valence electrons. The Kier molecular flexibility index (Phi) is 4.44. The first kappa shape index (κ1) is 14.4. The second-order valence-corrected chi connectivity index (χ2v) is 6.35. The summed E-state index contributed by atoms with van der Waals surface area (Å²) in [5, 5.41) is 7.33. The fourth-order valence-electron chi connectivity index (χ4n) is 3.87. The van der Waals surface area contributed by atoms with Crippen molar-refractivity contribution in [3.63, 3.8) is 0 Å². The Morgan fingerprint density at radius 1 is 1.19 bits per heavy atom. The minimum atomic E-state index is -0.365. The van der Waals surface area contributed by atoms with E-state index in [2.05, 4.69) is 10.6 Å². The molecule has 3 rings (SSSR count). The van der Waals surface area contributed by atoms with E-state index in [9.17, 15) is 4.79 Å². The molecule has 1 aliphatic heterocycles. The van der Waals surface area contributed by atoms with Crippen LogP contribution in [0, 0.1) is 5.92 Å². The van der Waals surface area contributed by atoms with Gasteiger partial charge in [0.2, 0.25) is 5.91 Å². The molecule has 21 heavy (non-hydrogen) atoms. The van der Waals surface area contributed by atoms with Crippen molar-refractivity contribution in [1.82, 2.24) is 5.32 Å². The number of piperidine rings is 1. The van der Waals surface area contributed by atoms with Gasteiger partial charge in [-0.3, -0.25) is 4.79 Å². The molecule has 0 bridgehead atoms. The molecule has 1 amide bonds. The van der Waals surface area contributed by atoms with E-state index < -0.39 is 0 Å². The molecule has 4 N–H and O–H groups in total. The summed E-state index contributed by atoms with van der Waals surface area (Å²) in [5.41, 5.74) is 6.95. The van der Waals surface area contributed by atoms with E-state index in [-0.39, 0.29) is 5.91 Å². The van der Waals surface area contributed by atoms with Gasteiger partial charge >= 0.3 is 0 Å². The molecular weight excluding hydrogens is 262 g/mol. The molecule has 3 unspecified atom stereocenters. The quantitative estimate of drug-likeness (QED) is 0.797. The SMILES string of the molecule is NC(=O)c1cccc(NC2CCCC2C2CCCCN2)c1. The molecule has 1 saturated carbocycles. The van der Waals surface area contributed by atoms with E-state index in [1.165, 1.54) is 38.5 Å². The zero-order chi connectivity index (χ0) is 14.7. The minimum absolute atomic E-state index is 0.365. The van der Waals surface area contributed by atoms with Crippen LogP contribution in [0.5, 0.6) is 0 Å². The van der Waals surface area contributed by atoms with Crippen LogP contribution < -0.4 is 16.4 Å². The molecular formula is C17H25N3O. The molecule has 3 atom stereocenters. The highest BCUT2D eigenvalue weighted by molar-refractivity contribution is 5.93. The van der Waals surface area contributed by atoms with Gasteiger partial charge in [-0.05, 0) is 56.3 Å². The molecule has 4 nitrogen and oxygen atoms in total. The predicted octanol–water partition coefficient (Wildman–Crippen LogP) is 2.51. The molecule has 1 saturated heterocycles. The average Bonchev–Trinajstić information content (AvgIpc) is 2.96. The molecule has 1 aliphatic carbocycles. The number of benzene rings is 1. The number of carbonyl (C=O) groups excluding carboxylic acids is 1. The minimum Gasteiger partial charge on any atom is -0.382 e. The average molecular weight is 287 g/mol. The van der Waals surface area contributed by atoms with Gasteiger partial charge in [-0.2, -0.15) is 0 Å². The third-order valence-corrected chi connectivity index (χ3v) is 4.93. The molecule has 4 heteroatoms. The number of nitrogens with two attached hydrogens (primary N) is 1. The zero-order valence-corrected chi connectivity index (χ0v) is 12.5. The molecule has 2 aliphatic rings. The second-order valence-electron chi connectivity index (χ2n) is 6.35. The number of rotatable bonds is 4. The first-order valence-electron chi connectivity index (χ1n) is 8.14. The van der Waals surface area contributed by atoms with Gasteiger partial charge in [0.25, 0.3) is 0 Å². The van der Waals surface area contributed by atoms with Crippen molar-refractivity contribution < 1.29 is 4.79 Å². The monoisotopic (exact) mass is 287 g/mol. The Morgan fingerprint density at radius 3 is 2.86 bits per heavy atom. The van der Waals surface area contributed by atoms with Gasteiger partial charge in [-0.1, -0.05) is 18.9 Å². The van der Waals surface area contributed by atoms with Crippen molar-refractivity contribution in [3.05, 3.63) is 29.8 Å². The lowest BCUT2D eigenvalue weighted by Gasteiger charge is -2.33. The first-order valence-corrected chi connectivity index (χ1v) is 8.14. The van der Waals surface area contributed by atoms with E-state index >= 15 is 0 Å². The van der Waals surface area contributed by atoms with Crippen LogP contribution in [-0.4, -0.2) is 24.5 Å². The Bertz CT molecular complexity index is 497. The molecule has 0 spiro atoms. The van der Waals surface area contributed by atoms with Gasteiger partial charge in [0.05, 0.1) is 0 Å². The van der Waals surface area contributed by atoms with Crippen LogP contribution >= 0.6 is 0 Å². The Balaban J connectivity index is 1.68. The van der Waals surface area contributed by atoms with Crippen molar-refractivity contribution in [1.29, 1.82) is 0 Å². The van der Waals surface area contributed by atoms with Gasteiger partial charge in [0, 0.05) is 23.3 Å². The largest absolute Gasteiger partial charge is 0.382 e. The van der Waals surface area contributed by atoms with Crippen LogP contribution in [-0.2, 0) is 0 Å². The normalized spacial score (nSPS) is 29.2.